The fraction of sp³-hybridized carbons (Fsp3) is 0.389. The molecule has 1 saturated heterocycles. The van der Waals surface area contributed by atoms with Crippen LogP contribution in [0.3, 0.4) is 0 Å². The topological polar surface area (TPSA) is 98.4 Å². The fourth-order valence-corrected chi connectivity index (χ4v) is 3.69. The molecule has 1 aliphatic heterocycles. The van der Waals surface area contributed by atoms with Crippen molar-refractivity contribution in [3.63, 3.8) is 0 Å². The molecule has 0 bridgehead atoms. The second-order valence-corrected chi connectivity index (χ2v) is 6.98. The minimum Gasteiger partial charge on any atom is -0.383 e. The van der Waals surface area contributed by atoms with E-state index in [9.17, 15) is 13.2 Å². The van der Waals surface area contributed by atoms with E-state index in [1.54, 1.807) is 6.07 Å². The summed E-state index contributed by atoms with van der Waals surface area (Å²) >= 11 is 0. The highest BCUT2D eigenvalue weighted by molar-refractivity contribution is 5.51. The number of piperidine rings is 1. The molecule has 0 amide bonds. The van der Waals surface area contributed by atoms with Crippen LogP contribution in [-0.4, -0.2) is 37.1 Å². The molecule has 1 fully saturated rings. The van der Waals surface area contributed by atoms with Crippen molar-refractivity contribution in [1.82, 2.24) is 24.5 Å². The van der Waals surface area contributed by atoms with Gasteiger partial charge in [0.15, 0.2) is 23.1 Å². The monoisotopic (exact) mass is 391 g/mol. The summed E-state index contributed by atoms with van der Waals surface area (Å²) in [7, 11) is 0. The first-order valence-corrected chi connectivity index (χ1v) is 9.06. The molecule has 148 valence electrons. The molecule has 3 aromatic rings. The Balaban J connectivity index is 1.58. The van der Waals surface area contributed by atoms with Gasteiger partial charge >= 0.3 is 0 Å². The minimum absolute atomic E-state index is 0.00981. The summed E-state index contributed by atoms with van der Waals surface area (Å²) in [4.78, 5) is 10.3. The number of rotatable bonds is 4. The van der Waals surface area contributed by atoms with Crippen LogP contribution in [0.4, 0.5) is 24.9 Å². The number of aromatic nitrogens is 4. The number of nitrogens with two attached hydrogens (primary N) is 2. The van der Waals surface area contributed by atoms with E-state index in [-0.39, 0.29) is 29.9 Å². The van der Waals surface area contributed by atoms with Gasteiger partial charge in [-0.25, -0.2) is 18.2 Å². The van der Waals surface area contributed by atoms with Gasteiger partial charge in [0.05, 0.1) is 0 Å². The third-order valence-electron chi connectivity index (χ3n) is 5.08. The maximum atomic E-state index is 14.1. The Kier molecular flexibility index (Phi) is 4.80. The fourth-order valence-electron chi connectivity index (χ4n) is 3.69. The summed E-state index contributed by atoms with van der Waals surface area (Å²) in [6.45, 7) is 0.647. The number of anilines is 2. The second-order valence-electron chi connectivity index (χ2n) is 6.98. The van der Waals surface area contributed by atoms with Gasteiger partial charge < -0.3 is 11.5 Å². The van der Waals surface area contributed by atoms with Gasteiger partial charge in [-0.1, -0.05) is 6.42 Å². The lowest BCUT2D eigenvalue weighted by atomic mass is 9.98. The lowest BCUT2D eigenvalue weighted by molar-refractivity contribution is 0.134. The highest BCUT2D eigenvalue weighted by atomic mass is 19.2. The van der Waals surface area contributed by atoms with Gasteiger partial charge in [-0.2, -0.15) is 9.50 Å². The molecule has 7 nitrogen and oxygen atoms in total. The molecule has 4 N–H and O–H groups in total. The molecular formula is C18H20F3N7. The van der Waals surface area contributed by atoms with Crippen molar-refractivity contribution in [1.29, 1.82) is 0 Å². The number of halogens is 3. The van der Waals surface area contributed by atoms with Crippen molar-refractivity contribution in [2.45, 2.75) is 38.3 Å². The minimum atomic E-state index is -1.13. The molecular weight excluding hydrogens is 371 g/mol. The molecule has 1 unspecified atom stereocenters. The third-order valence-corrected chi connectivity index (χ3v) is 5.08. The molecule has 1 aromatic carbocycles. The summed E-state index contributed by atoms with van der Waals surface area (Å²) < 4.78 is 43.1. The predicted octanol–water partition coefficient (Wildman–Crippen LogP) is 2.30. The van der Waals surface area contributed by atoms with Gasteiger partial charge in [0.1, 0.15) is 11.6 Å². The summed E-state index contributed by atoms with van der Waals surface area (Å²) in [5.74, 6) is -2.00. The van der Waals surface area contributed by atoms with E-state index in [2.05, 4.69) is 15.1 Å². The largest absolute Gasteiger partial charge is 0.383 e. The van der Waals surface area contributed by atoms with E-state index in [1.165, 1.54) is 4.52 Å². The van der Waals surface area contributed by atoms with Crippen LogP contribution in [0.5, 0.6) is 0 Å². The number of hydrogen-bond acceptors (Lipinski definition) is 6. The smallest absolute Gasteiger partial charge is 0.225 e. The zero-order valence-corrected chi connectivity index (χ0v) is 15.1. The molecule has 0 saturated carbocycles. The highest BCUT2D eigenvalue weighted by Gasteiger charge is 2.27. The van der Waals surface area contributed by atoms with Gasteiger partial charge in [-0.05, 0) is 31.5 Å². The zero-order chi connectivity index (χ0) is 19.8. The third kappa shape index (κ3) is 3.47. The van der Waals surface area contributed by atoms with Gasteiger partial charge in [-0.3, -0.25) is 4.90 Å². The Labute approximate surface area is 159 Å². The predicted molar refractivity (Wildman–Crippen MR) is 97.7 cm³/mol. The molecule has 0 radical (unpaired) electrons. The zero-order valence-electron chi connectivity index (χ0n) is 15.1. The van der Waals surface area contributed by atoms with E-state index in [4.69, 9.17) is 11.5 Å². The van der Waals surface area contributed by atoms with Crippen molar-refractivity contribution in [3.05, 3.63) is 47.0 Å². The average Bonchev–Trinajstić information content (AvgIpc) is 3.06. The average molecular weight is 391 g/mol. The molecule has 10 heteroatoms. The Morgan fingerprint density at radius 1 is 1.07 bits per heavy atom. The summed E-state index contributed by atoms with van der Waals surface area (Å²) in [5, 5.41) is 4.37. The standard InChI is InChI=1S/C18H20F3N7/c19-12-4-5-13(20)17(21)11(12)9-27-6-2-1-3-10(27)7-15-25-16-8-14(22)24-18(23)28(16)26-15/h4-5,8,10H,1-3,6-7,9,22H2,(H2,23,24). The molecule has 1 atom stereocenters. The van der Waals surface area contributed by atoms with Crippen LogP contribution in [0.25, 0.3) is 5.65 Å². The Bertz CT molecular complexity index is 1020. The number of nitrogens with zero attached hydrogens (tertiary/aromatic N) is 5. The lowest BCUT2D eigenvalue weighted by Gasteiger charge is -2.35. The SMILES string of the molecule is Nc1cc2nc(CC3CCCCN3Cc3c(F)ccc(F)c3F)nn2c(N)n1. The van der Waals surface area contributed by atoms with E-state index in [0.29, 0.717) is 24.4 Å². The number of fused-ring (bicyclic) bond motifs is 1. The highest BCUT2D eigenvalue weighted by Crippen LogP contribution is 2.25. The molecule has 1 aliphatic rings. The summed E-state index contributed by atoms with van der Waals surface area (Å²) in [6.07, 6.45) is 3.18. The molecule has 0 spiro atoms. The van der Waals surface area contributed by atoms with Crippen LogP contribution in [0.1, 0.15) is 30.7 Å². The first-order chi connectivity index (χ1) is 13.4. The quantitative estimate of drug-likeness (QED) is 0.663. The first-order valence-electron chi connectivity index (χ1n) is 9.06. The molecule has 2 aromatic heterocycles. The number of nitrogen functional groups attached to an aromatic ring is 2. The van der Waals surface area contributed by atoms with Crippen molar-refractivity contribution in [2.75, 3.05) is 18.0 Å². The Hall–Kier alpha value is -2.88. The normalized spacial score (nSPS) is 18.0. The van der Waals surface area contributed by atoms with Crippen molar-refractivity contribution in [2.24, 2.45) is 0 Å². The van der Waals surface area contributed by atoms with E-state index in [1.807, 2.05) is 4.90 Å². The van der Waals surface area contributed by atoms with Crippen molar-refractivity contribution in [3.8, 4) is 0 Å². The van der Waals surface area contributed by atoms with Gasteiger partial charge in [0.2, 0.25) is 5.95 Å². The van der Waals surface area contributed by atoms with Crippen LogP contribution >= 0.6 is 0 Å². The van der Waals surface area contributed by atoms with E-state index < -0.39 is 17.5 Å². The maximum absolute atomic E-state index is 14.1. The maximum Gasteiger partial charge on any atom is 0.225 e. The van der Waals surface area contributed by atoms with Crippen LogP contribution in [-0.2, 0) is 13.0 Å². The van der Waals surface area contributed by atoms with Gasteiger partial charge in [0, 0.05) is 30.6 Å². The molecule has 0 aliphatic carbocycles. The number of hydrogen-bond donors (Lipinski definition) is 2. The van der Waals surface area contributed by atoms with E-state index in [0.717, 1.165) is 31.4 Å². The Morgan fingerprint density at radius 2 is 1.86 bits per heavy atom. The molecule has 4 rings (SSSR count). The van der Waals surface area contributed by atoms with Crippen molar-refractivity contribution >= 4 is 17.4 Å². The molecule has 28 heavy (non-hydrogen) atoms. The van der Waals surface area contributed by atoms with Crippen molar-refractivity contribution < 1.29 is 13.2 Å². The number of likely N-dealkylation sites (tertiary alicyclic amines) is 1. The Morgan fingerprint density at radius 3 is 2.68 bits per heavy atom. The van der Waals surface area contributed by atoms with E-state index >= 15 is 0 Å². The summed E-state index contributed by atoms with van der Waals surface area (Å²) in [5.41, 5.74) is 11.7. The second kappa shape index (κ2) is 7.27. The molecule has 3 heterocycles. The van der Waals surface area contributed by atoms with Gasteiger partial charge in [0.25, 0.3) is 0 Å². The van der Waals surface area contributed by atoms with Gasteiger partial charge in [-0.15, -0.1) is 5.10 Å². The van der Waals surface area contributed by atoms with Crippen LogP contribution in [0, 0.1) is 17.5 Å². The summed E-state index contributed by atoms with van der Waals surface area (Å²) in [6, 6.07) is 3.30. The van der Waals surface area contributed by atoms with Crippen LogP contribution < -0.4 is 11.5 Å². The van der Waals surface area contributed by atoms with Crippen LogP contribution in [0.2, 0.25) is 0 Å². The van der Waals surface area contributed by atoms with Crippen LogP contribution in [0.15, 0.2) is 18.2 Å². The first kappa shape index (κ1) is 18.5. The number of benzene rings is 1. The lowest BCUT2D eigenvalue weighted by Crippen LogP contribution is -2.41.